The number of benzene rings is 1. The minimum atomic E-state index is -3.97. The Labute approximate surface area is 149 Å². The second-order valence-electron chi connectivity index (χ2n) is 5.74. The van der Waals surface area contributed by atoms with E-state index >= 15 is 0 Å². The van der Waals surface area contributed by atoms with Crippen molar-refractivity contribution in [3.63, 3.8) is 0 Å². The Balaban J connectivity index is 1.81. The van der Waals surface area contributed by atoms with Crippen molar-refractivity contribution >= 4 is 16.0 Å². The molecular formula is C16H16FN3O5S. The number of sulfonamides is 1. The van der Waals surface area contributed by atoms with Crippen LogP contribution in [0.5, 0.6) is 5.88 Å². The van der Waals surface area contributed by atoms with Crippen LogP contribution in [-0.2, 0) is 10.0 Å². The molecule has 1 aromatic heterocycles. The zero-order valence-electron chi connectivity index (χ0n) is 13.6. The first-order chi connectivity index (χ1) is 12.4. The lowest BCUT2D eigenvalue weighted by Gasteiger charge is -2.31. The van der Waals surface area contributed by atoms with E-state index in [0.29, 0.717) is 18.7 Å². The summed E-state index contributed by atoms with van der Waals surface area (Å²) in [6.07, 6.45) is 3.68. The summed E-state index contributed by atoms with van der Waals surface area (Å²) in [5.41, 5.74) is -0.683. The number of carbonyl (C=O) groups is 1. The van der Waals surface area contributed by atoms with Gasteiger partial charge in [-0.3, -0.25) is 0 Å². The molecule has 0 amide bonds. The lowest BCUT2D eigenvalue weighted by atomic mass is 10.1. The Morgan fingerprint density at radius 1 is 1.35 bits per heavy atom. The first-order valence-corrected chi connectivity index (χ1v) is 9.27. The van der Waals surface area contributed by atoms with Crippen LogP contribution >= 0.6 is 0 Å². The van der Waals surface area contributed by atoms with E-state index in [1.807, 2.05) is 0 Å². The fourth-order valence-electron chi connectivity index (χ4n) is 2.72. The standard InChI is InChI=1S/C16H16FN3O5S/c17-14-4-3-12(8-13(14)16(21)22)26(23,24)20-7-1-2-11(9-20)25-15-5-6-18-10-19-15/h3-6,8,10-11H,1-2,7,9H2,(H,21,22). The van der Waals surface area contributed by atoms with Gasteiger partial charge in [0.1, 0.15) is 18.2 Å². The van der Waals surface area contributed by atoms with Crippen LogP contribution in [0.4, 0.5) is 4.39 Å². The second-order valence-corrected chi connectivity index (χ2v) is 7.68. The van der Waals surface area contributed by atoms with Crippen molar-refractivity contribution in [3.8, 4) is 5.88 Å². The highest BCUT2D eigenvalue weighted by molar-refractivity contribution is 7.89. The molecule has 1 unspecified atom stereocenters. The molecule has 0 radical (unpaired) electrons. The summed E-state index contributed by atoms with van der Waals surface area (Å²) < 4.78 is 46.0. The second kappa shape index (κ2) is 7.34. The van der Waals surface area contributed by atoms with Gasteiger partial charge in [0.15, 0.2) is 0 Å². The van der Waals surface area contributed by atoms with E-state index < -0.39 is 33.5 Å². The minimum Gasteiger partial charge on any atom is -0.478 e. The number of halogens is 1. The van der Waals surface area contributed by atoms with E-state index in [0.717, 1.165) is 18.2 Å². The molecule has 1 aromatic carbocycles. The SMILES string of the molecule is O=C(O)c1cc(S(=O)(=O)N2CCCC(Oc3ccncn3)C2)ccc1F. The van der Waals surface area contributed by atoms with Crippen molar-refractivity contribution in [2.75, 3.05) is 13.1 Å². The molecule has 1 N–H and O–H groups in total. The predicted octanol–water partition coefficient (Wildman–Crippen LogP) is 1.55. The number of aromatic carboxylic acids is 1. The highest BCUT2D eigenvalue weighted by atomic mass is 32.2. The van der Waals surface area contributed by atoms with Gasteiger partial charge in [-0.1, -0.05) is 0 Å². The van der Waals surface area contributed by atoms with Gasteiger partial charge < -0.3 is 9.84 Å². The van der Waals surface area contributed by atoms with E-state index in [2.05, 4.69) is 9.97 Å². The van der Waals surface area contributed by atoms with Gasteiger partial charge in [-0.2, -0.15) is 4.31 Å². The Morgan fingerprint density at radius 2 is 2.15 bits per heavy atom. The molecule has 26 heavy (non-hydrogen) atoms. The Kier molecular flexibility index (Phi) is 5.14. The van der Waals surface area contributed by atoms with Crippen LogP contribution < -0.4 is 4.74 Å². The monoisotopic (exact) mass is 381 g/mol. The zero-order chi connectivity index (χ0) is 18.7. The van der Waals surface area contributed by atoms with Gasteiger partial charge in [-0.25, -0.2) is 27.6 Å². The van der Waals surface area contributed by atoms with Gasteiger partial charge in [-0.05, 0) is 31.0 Å². The van der Waals surface area contributed by atoms with Crippen LogP contribution in [0.15, 0.2) is 41.7 Å². The van der Waals surface area contributed by atoms with Crippen LogP contribution in [0.1, 0.15) is 23.2 Å². The quantitative estimate of drug-likeness (QED) is 0.837. The van der Waals surface area contributed by atoms with E-state index in [1.54, 1.807) is 6.07 Å². The number of piperidine rings is 1. The molecule has 1 fully saturated rings. The van der Waals surface area contributed by atoms with Gasteiger partial charge in [-0.15, -0.1) is 0 Å². The average Bonchev–Trinajstić information content (AvgIpc) is 2.63. The third-order valence-electron chi connectivity index (χ3n) is 3.99. The van der Waals surface area contributed by atoms with Crippen molar-refractivity contribution in [2.24, 2.45) is 0 Å². The van der Waals surface area contributed by atoms with Gasteiger partial charge in [0.2, 0.25) is 15.9 Å². The third-order valence-corrected chi connectivity index (χ3v) is 5.85. The topological polar surface area (TPSA) is 110 Å². The predicted molar refractivity (Wildman–Crippen MR) is 87.8 cm³/mol. The lowest BCUT2D eigenvalue weighted by Crippen LogP contribution is -2.44. The number of hydrogen-bond donors (Lipinski definition) is 1. The summed E-state index contributed by atoms with van der Waals surface area (Å²) in [7, 11) is -3.97. The van der Waals surface area contributed by atoms with Gasteiger partial charge >= 0.3 is 5.97 Å². The molecular weight excluding hydrogens is 365 g/mol. The fraction of sp³-hybridized carbons (Fsp3) is 0.312. The number of hydrogen-bond acceptors (Lipinski definition) is 6. The number of aromatic nitrogens is 2. The maximum absolute atomic E-state index is 13.5. The smallest absolute Gasteiger partial charge is 0.338 e. The first-order valence-electron chi connectivity index (χ1n) is 7.83. The first kappa shape index (κ1) is 18.2. The molecule has 1 saturated heterocycles. The average molecular weight is 381 g/mol. The Hall–Kier alpha value is -2.59. The van der Waals surface area contributed by atoms with Crippen molar-refractivity contribution < 1.29 is 27.4 Å². The number of rotatable bonds is 5. The molecule has 1 aliphatic heterocycles. The molecule has 0 spiro atoms. The maximum Gasteiger partial charge on any atom is 0.338 e. The minimum absolute atomic E-state index is 0.0894. The molecule has 10 heteroatoms. The normalized spacial score (nSPS) is 18.4. The summed E-state index contributed by atoms with van der Waals surface area (Å²) >= 11 is 0. The molecule has 1 atom stereocenters. The molecule has 1 aliphatic rings. The summed E-state index contributed by atoms with van der Waals surface area (Å²) in [6, 6.07) is 4.32. The summed E-state index contributed by atoms with van der Waals surface area (Å²) in [5.74, 6) is -2.16. The summed E-state index contributed by atoms with van der Waals surface area (Å²) in [5, 5.41) is 8.99. The summed E-state index contributed by atoms with van der Waals surface area (Å²) in [6.45, 7) is 0.359. The molecule has 138 valence electrons. The highest BCUT2D eigenvalue weighted by Crippen LogP contribution is 2.24. The Bertz CT molecular complexity index is 907. The fourth-order valence-corrected chi connectivity index (χ4v) is 4.25. The zero-order valence-corrected chi connectivity index (χ0v) is 14.4. The van der Waals surface area contributed by atoms with Crippen LogP contribution in [-0.4, -0.2) is 53.0 Å². The van der Waals surface area contributed by atoms with Gasteiger partial charge in [0, 0.05) is 18.8 Å². The number of ether oxygens (including phenoxy) is 1. The van der Waals surface area contributed by atoms with Crippen molar-refractivity contribution in [2.45, 2.75) is 23.8 Å². The molecule has 0 bridgehead atoms. The highest BCUT2D eigenvalue weighted by Gasteiger charge is 2.32. The summed E-state index contributed by atoms with van der Waals surface area (Å²) in [4.78, 5) is 18.5. The van der Waals surface area contributed by atoms with Crippen molar-refractivity contribution in [1.29, 1.82) is 0 Å². The molecule has 8 nitrogen and oxygen atoms in total. The van der Waals surface area contributed by atoms with Crippen LogP contribution in [0.25, 0.3) is 0 Å². The molecule has 2 aromatic rings. The van der Waals surface area contributed by atoms with Gasteiger partial charge in [0.05, 0.1) is 17.0 Å². The number of nitrogens with zero attached hydrogens (tertiary/aromatic N) is 3. The van der Waals surface area contributed by atoms with Crippen LogP contribution in [0.3, 0.4) is 0 Å². The van der Waals surface area contributed by atoms with Crippen molar-refractivity contribution in [3.05, 3.63) is 48.2 Å². The molecule has 0 aliphatic carbocycles. The molecule has 0 saturated carbocycles. The number of carboxylic acid groups (broad SMARTS) is 1. The Morgan fingerprint density at radius 3 is 2.85 bits per heavy atom. The van der Waals surface area contributed by atoms with E-state index in [9.17, 15) is 17.6 Å². The molecule has 2 heterocycles. The lowest BCUT2D eigenvalue weighted by molar-refractivity contribution is 0.0691. The largest absolute Gasteiger partial charge is 0.478 e. The van der Waals surface area contributed by atoms with Gasteiger partial charge in [0.25, 0.3) is 0 Å². The van der Waals surface area contributed by atoms with Crippen LogP contribution in [0.2, 0.25) is 0 Å². The molecule has 3 rings (SSSR count). The van der Waals surface area contributed by atoms with E-state index in [-0.39, 0.29) is 18.0 Å². The van der Waals surface area contributed by atoms with E-state index in [1.165, 1.54) is 16.8 Å². The third kappa shape index (κ3) is 3.81. The maximum atomic E-state index is 13.5. The number of carboxylic acids is 1. The van der Waals surface area contributed by atoms with E-state index in [4.69, 9.17) is 9.84 Å². The van der Waals surface area contributed by atoms with Crippen molar-refractivity contribution in [1.82, 2.24) is 14.3 Å². The van der Waals surface area contributed by atoms with Crippen LogP contribution in [0, 0.1) is 5.82 Å².